The third-order valence-electron chi connectivity index (χ3n) is 4.53. The molecule has 1 amide bonds. The molecule has 0 fully saturated rings. The van der Waals surface area contributed by atoms with E-state index >= 15 is 0 Å². The van der Waals surface area contributed by atoms with E-state index < -0.39 is 12.0 Å². The maximum Gasteiger partial charge on any atom is 0.329 e. The van der Waals surface area contributed by atoms with Gasteiger partial charge in [0.2, 0.25) is 5.91 Å². The van der Waals surface area contributed by atoms with Gasteiger partial charge in [-0.1, -0.05) is 28.4 Å². The lowest BCUT2D eigenvalue weighted by atomic mass is 10.1. The van der Waals surface area contributed by atoms with Gasteiger partial charge in [-0.05, 0) is 37.1 Å². The third kappa shape index (κ3) is 7.64. The highest BCUT2D eigenvalue weighted by Gasteiger charge is 2.25. The number of hydrogen-bond donors (Lipinski definition) is 3. The van der Waals surface area contributed by atoms with Gasteiger partial charge in [-0.2, -0.15) is 0 Å². The zero-order valence-corrected chi connectivity index (χ0v) is 19.3. The van der Waals surface area contributed by atoms with Crippen LogP contribution in [0.4, 0.5) is 5.69 Å². The van der Waals surface area contributed by atoms with E-state index in [4.69, 9.17) is 5.11 Å². The number of amides is 1. The predicted octanol–water partition coefficient (Wildman–Crippen LogP) is 2.47. The van der Waals surface area contributed by atoms with Gasteiger partial charge in [0.1, 0.15) is 0 Å². The number of benzene rings is 1. The number of unbranched alkanes of at least 4 members (excludes halogenated alkanes) is 2. The van der Waals surface area contributed by atoms with Gasteiger partial charge in [0, 0.05) is 44.2 Å². The highest BCUT2D eigenvalue weighted by molar-refractivity contribution is 9.09. The number of carbonyl (C=O) groups is 2. The Kier molecular flexibility index (Phi) is 9.96. The second kappa shape index (κ2) is 12.2. The molecule has 1 atom stereocenters. The lowest BCUT2D eigenvalue weighted by Crippen LogP contribution is -2.25. The summed E-state index contributed by atoms with van der Waals surface area (Å²) in [7, 11) is 4.03. The normalized spacial score (nSPS) is 15.8. The van der Waals surface area contributed by atoms with E-state index in [9.17, 15) is 9.59 Å². The number of carboxylic acid groups (broad SMARTS) is 1. The Morgan fingerprint density at radius 1 is 1.28 bits per heavy atom. The van der Waals surface area contributed by atoms with Crippen LogP contribution in [-0.2, 0) is 16.1 Å². The van der Waals surface area contributed by atoms with Crippen molar-refractivity contribution in [2.24, 2.45) is 4.99 Å². The standard InChI is InChI=1S/C20H29BrN4O3S/c1-25(2)17-7-6-14(19-24-16(13-29-19)20(27)28)10-15(17)12-22-8-4-3-5-9-23-18(26)11-21/h6-7,10,16,22H,3-5,8-9,11-13H2,1-2H3,(H,23,26)(H,27,28)/t16-/m1/s1. The first-order valence-electron chi connectivity index (χ1n) is 9.69. The summed E-state index contributed by atoms with van der Waals surface area (Å²) in [6.07, 6.45) is 3.07. The first kappa shape index (κ1) is 23.7. The summed E-state index contributed by atoms with van der Waals surface area (Å²) in [5.41, 5.74) is 3.28. The van der Waals surface area contributed by atoms with E-state index in [0.29, 0.717) is 17.6 Å². The molecule has 0 unspecified atom stereocenters. The predicted molar refractivity (Wildman–Crippen MR) is 124 cm³/mol. The number of thioether (sulfide) groups is 1. The number of anilines is 1. The summed E-state index contributed by atoms with van der Waals surface area (Å²) in [5, 5.41) is 16.6. The second-order valence-electron chi connectivity index (χ2n) is 7.06. The molecule has 29 heavy (non-hydrogen) atoms. The molecule has 0 bridgehead atoms. The van der Waals surface area contributed by atoms with Crippen LogP contribution < -0.4 is 15.5 Å². The molecule has 0 spiro atoms. The summed E-state index contributed by atoms with van der Waals surface area (Å²) in [5.74, 6) is -0.353. The highest BCUT2D eigenvalue weighted by atomic mass is 79.9. The minimum atomic E-state index is -0.869. The van der Waals surface area contributed by atoms with Crippen LogP contribution in [0.2, 0.25) is 0 Å². The van der Waals surface area contributed by atoms with Crippen molar-refractivity contribution in [3.63, 3.8) is 0 Å². The van der Waals surface area contributed by atoms with E-state index in [1.54, 1.807) is 0 Å². The maximum atomic E-state index is 11.2. The molecule has 1 aromatic rings. The summed E-state index contributed by atoms with van der Waals surface area (Å²) >= 11 is 4.63. The fourth-order valence-electron chi connectivity index (χ4n) is 3.00. The zero-order chi connectivity index (χ0) is 21.2. The van der Waals surface area contributed by atoms with Crippen LogP contribution in [0.1, 0.15) is 30.4 Å². The monoisotopic (exact) mass is 484 g/mol. The van der Waals surface area contributed by atoms with E-state index in [1.807, 2.05) is 20.2 Å². The van der Waals surface area contributed by atoms with Gasteiger partial charge >= 0.3 is 5.97 Å². The van der Waals surface area contributed by atoms with Gasteiger partial charge < -0.3 is 20.6 Å². The third-order valence-corrected chi connectivity index (χ3v) is 6.14. The van der Waals surface area contributed by atoms with Crippen LogP contribution in [0.3, 0.4) is 0 Å². The molecule has 1 heterocycles. The maximum absolute atomic E-state index is 11.2. The van der Waals surface area contributed by atoms with Crippen molar-refractivity contribution in [1.82, 2.24) is 10.6 Å². The molecule has 0 aliphatic carbocycles. The molecule has 1 aromatic carbocycles. The van der Waals surface area contributed by atoms with Crippen molar-refractivity contribution in [3.8, 4) is 0 Å². The molecule has 2 rings (SSSR count). The molecule has 0 radical (unpaired) electrons. The molecular formula is C20H29BrN4O3S. The quantitative estimate of drug-likeness (QED) is 0.311. The number of hydrogen-bond acceptors (Lipinski definition) is 6. The van der Waals surface area contributed by atoms with E-state index in [1.165, 1.54) is 17.3 Å². The van der Waals surface area contributed by atoms with Crippen LogP contribution in [0.5, 0.6) is 0 Å². The summed E-state index contributed by atoms with van der Waals surface area (Å²) in [6.45, 7) is 2.36. The lowest BCUT2D eigenvalue weighted by Gasteiger charge is -2.19. The van der Waals surface area contributed by atoms with Crippen molar-refractivity contribution in [1.29, 1.82) is 0 Å². The Bertz CT molecular complexity index is 742. The first-order chi connectivity index (χ1) is 13.9. The van der Waals surface area contributed by atoms with Gasteiger partial charge in [0.25, 0.3) is 0 Å². The van der Waals surface area contributed by atoms with Crippen LogP contribution in [0, 0.1) is 0 Å². The minimum absolute atomic E-state index is 0.0268. The largest absolute Gasteiger partial charge is 0.480 e. The number of alkyl halides is 1. The number of rotatable bonds is 12. The number of nitrogens with one attached hydrogen (secondary N) is 2. The van der Waals surface area contributed by atoms with Crippen LogP contribution in [0.15, 0.2) is 23.2 Å². The molecule has 7 nitrogen and oxygen atoms in total. The van der Waals surface area contributed by atoms with Crippen molar-refractivity contribution in [2.45, 2.75) is 31.8 Å². The zero-order valence-electron chi connectivity index (χ0n) is 16.9. The van der Waals surface area contributed by atoms with E-state index in [0.717, 1.165) is 48.6 Å². The summed E-state index contributed by atoms with van der Waals surface area (Å²) in [4.78, 5) is 28.7. The lowest BCUT2D eigenvalue weighted by molar-refractivity contribution is -0.137. The van der Waals surface area contributed by atoms with Crippen molar-refractivity contribution in [2.75, 3.05) is 43.2 Å². The van der Waals surface area contributed by atoms with Gasteiger partial charge in [-0.3, -0.25) is 9.79 Å². The van der Waals surface area contributed by atoms with Crippen LogP contribution >= 0.6 is 27.7 Å². The van der Waals surface area contributed by atoms with Crippen LogP contribution in [-0.4, -0.2) is 66.3 Å². The van der Waals surface area contributed by atoms with E-state index in [2.05, 4.69) is 48.6 Å². The fraction of sp³-hybridized carbons (Fsp3) is 0.550. The first-order valence-corrected chi connectivity index (χ1v) is 11.8. The number of aliphatic carboxylic acids is 1. The Hall–Kier alpha value is -1.58. The molecule has 160 valence electrons. The van der Waals surface area contributed by atoms with Crippen molar-refractivity contribution < 1.29 is 14.7 Å². The fourth-order valence-corrected chi connectivity index (χ4v) is 4.23. The van der Waals surface area contributed by atoms with Gasteiger partial charge in [-0.15, -0.1) is 11.8 Å². The number of nitrogens with zero attached hydrogens (tertiary/aromatic N) is 2. The Balaban J connectivity index is 1.86. The molecule has 3 N–H and O–H groups in total. The molecule has 0 saturated heterocycles. The van der Waals surface area contributed by atoms with Crippen LogP contribution in [0.25, 0.3) is 0 Å². The Morgan fingerprint density at radius 3 is 2.69 bits per heavy atom. The average Bonchev–Trinajstić information content (AvgIpc) is 3.20. The SMILES string of the molecule is CN(C)c1ccc(C2=N[C@@H](C(=O)O)CS2)cc1CNCCCCCNC(=O)CBr. The van der Waals surface area contributed by atoms with Gasteiger partial charge in [0.15, 0.2) is 6.04 Å². The minimum Gasteiger partial charge on any atom is -0.480 e. The summed E-state index contributed by atoms with van der Waals surface area (Å²) in [6, 6.07) is 5.53. The average molecular weight is 485 g/mol. The van der Waals surface area contributed by atoms with Gasteiger partial charge in [-0.25, -0.2) is 4.79 Å². The second-order valence-corrected chi connectivity index (χ2v) is 8.63. The molecule has 9 heteroatoms. The van der Waals surface area contributed by atoms with Crippen molar-refractivity contribution in [3.05, 3.63) is 29.3 Å². The number of carbonyl (C=O) groups excluding carboxylic acids is 1. The molecule has 0 aromatic heterocycles. The molecule has 0 saturated carbocycles. The number of carboxylic acids is 1. The smallest absolute Gasteiger partial charge is 0.329 e. The molecular weight excluding hydrogens is 456 g/mol. The molecule has 1 aliphatic rings. The Morgan fingerprint density at radius 2 is 2.03 bits per heavy atom. The van der Waals surface area contributed by atoms with Crippen molar-refractivity contribution >= 4 is 50.3 Å². The van der Waals surface area contributed by atoms with E-state index in [-0.39, 0.29) is 5.91 Å². The highest BCUT2D eigenvalue weighted by Crippen LogP contribution is 2.27. The summed E-state index contributed by atoms with van der Waals surface area (Å²) < 4.78 is 0. The number of aliphatic imine (C=N–C) groups is 1. The number of halogens is 1. The topological polar surface area (TPSA) is 94.0 Å². The molecule has 1 aliphatic heterocycles. The van der Waals surface area contributed by atoms with Gasteiger partial charge in [0.05, 0.1) is 10.4 Å². The Labute approximate surface area is 184 Å².